The standard InChI is InChI=1S/C18H26N2O2.ClH/c1-13-9-14(2)11-16(10-13)18(22)20-7-5-19(6-8-20)12-17(21)15-3-4-15;/h9-11,15,17,21H,3-8,12H2,1-2H3;1H. The van der Waals surface area contributed by atoms with Gasteiger partial charge in [-0.25, -0.2) is 0 Å². The fourth-order valence-corrected chi connectivity index (χ4v) is 3.31. The van der Waals surface area contributed by atoms with Crippen LogP contribution < -0.4 is 0 Å². The second kappa shape index (κ2) is 7.65. The Morgan fingerprint density at radius 2 is 1.70 bits per heavy atom. The molecule has 2 aliphatic rings. The molecule has 1 N–H and O–H groups in total. The number of benzene rings is 1. The monoisotopic (exact) mass is 338 g/mol. The van der Waals surface area contributed by atoms with E-state index in [0.717, 1.165) is 49.4 Å². The summed E-state index contributed by atoms with van der Waals surface area (Å²) in [6.45, 7) is 8.05. The van der Waals surface area contributed by atoms with Gasteiger partial charge >= 0.3 is 0 Å². The molecule has 1 aromatic carbocycles. The van der Waals surface area contributed by atoms with Gasteiger partial charge in [-0.2, -0.15) is 0 Å². The molecule has 0 radical (unpaired) electrons. The minimum Gasteiger partial charge on any atom is -0.392 e. The molecule has 128 valence electrons. The Hall–Kier alpha value is -1.10. The smallest absolute Gasteiger partial charge is 0.253 e. The molecular formula is C18H27ClN2O2. The molecule has 3 rings (SSSR count). The van der Waals surface area contributed by atoms with Gasteiger partial charge in [0.15, 0.2) is 0 Å². The number of carbonyl (C=O) groups is 1. The maximum absolute atomic E-state index is 12.6. The molecule has 1 amide bonds. The van der Waals surface area contributed by atoms with Gasteiger partial charge in [-0.05, 0) is 44.7 Å². The summed E-state index contributed by atoms with van der Waals surface area (Å²) in [7, 11) is 0. The lowest BCUT2D eigenvalue weighted by molar-refractivity contribution is 0.0488. The van der Waals surface area contributed by atoms with Crippen LogP contribution in [0.25, 0.3) is 0 Å². The van der Waals surface area contributed by atoms with Crippen LogP contribution in [0.4, 0.5) is 0 Å². The van der Waals surface area contributed by atoms with E-state index in [1.54, 1.807) is 0 Å². The van der Waals surface area contributed by atoms with Gasteiger partial charge in [0.2, 0.25) is 0 Å². The van der Waals surface area contributed by atoms with Crippen molar-refractivity contribution < 1.29 is 9.90 Å². The van der Waals surface area contributed by atoms with Gasteiger partial charge in [0.05, 0.1) is 6.10 Å². The zero-order valence-corrected chi connectivity index (χ0v) is 14.8. The number of amides is 1. The van der Waals surface area contributed by atoms with Crippen LogP contribution in [-0.4, -0.2) is 59.6 Å². The van der Waals surface area contributed by atoms with E-state index in [2.05, 4.69) is 11.0 Å². The second-order valence-corrected chi connectivity index (χ2v) is 6.87. The summed E-state index contributed by atoms with van der Waals surface area (Å²) in [5, 5.41) is 10.0. The van der Waals surface area contributed by atoms with Crippen LogP contribution in [0.3, 0.4) is 0 Å². The molecule has 2 fully saturated rings. The average Bonchev–Trinajstić information content (AvgIpc) is 3.31. The lowest BCUT2D eigenvalue weighted by Gasteiger charge is -2.35. The van der Waals surface area contributed by atoms with Gasteiger partial charge in [-0.1, -0.05) is 17.2 Å². The van der Waals surface area contributed by atoms with Crippen LogP contribution >= 0.6 is 12.4 Å². The van der Waals surface area contributed by atoms with Gasteiger partial charge in [0.1, 0.15) is 0 Å². The molecule has 1 aliphatic heterocycles. The van der Waals surface area contributed by atoms with Crippen molar-refractivity contribution in [3.05, 3.63) is 34.9 Å². The van der Waals surface area contributed by atoms with E-state index >= 15 is 0 Å². The molecule has 0 spiro atoms. The van der Waals surface area contributed by atoms with Crippen molar-refractivity contribution in [3.63, 3.8) is 0 Å². The predicted octanol–water partition coefficient (Wildman–Crippen LogP) is 2.25. The third-order valence-electron chi connectivity index (χ3n) is 4.74. The van der Waals surface area contributed by atoms with E-state index in [4.69, 9.17) is 0 Å². The third-order valence-corrected chi connectivity index (χ3v) is 4.74. The minimum atomic E-state index is -0.179. The first-order chi connectivity index (χ1) is 10.5. The summed E-state index contributed by atoms with van der Waals surface area (Å²) >= 11 is 0. The SMILES string of the molecule is Cc1cc(C)cc(C(=O)N2CCN(CC(O)C3CC3)CC2)c1.Cl. The maximum Gasteiger partial charge on any atom is 0.253 e. The molecule has 0 bridgehead atoms. The second-order valence-electron chi connectivity index (χ2n) is 6.87. The molecule has 1 heterocycles. The number of hydrogen-bond donors (Lipinski definition) is 1. The van der Waals surface area contributed by atoms with Gasteiger partial charge in [0.25, 0.3) is 5.91 Å². The van der Waals surface area contributed by atoms with E-state index < -0.39 is 0 Å². The van der Waals surface area contributed by atoms with E-state index in [9.17, 15) is 9.90 Å². The van der Waals surface area contributed by atoms with Crippen molar-refractivity contribution in [1.82, 2.24) is 9.80 Å². The lowest BCUT2D eigenvalue weighted by Crippen LogP contribution is -2.50. The van der Waals surface area contributed by atoms with Gasteiger partial charge in [-0.3, -0.25) is 9.69 Å². The van der Waals surface area contributed by atoms with Crippen molar-refractivity contribution in [3.8, 4) is 0 Å². The van der Waals surface area contributed by atoms with Crippen molar-refractivity contribution >= 4 is 18.3 Å². The molecule has 1 aliphatic carbocycles. The fourth-order valence-electron chi connectivity index (χ4n) is 3.31. The highest BCUT2D eigenvalue weighted by Crippen LogP contribution is 2.32. The lowest BCUT2D eigenvalue weighted by atomic mass is 10.1. The number of rotatable bonds is 4. The van der Waals surface area contributed by atoms with Crippen molar-refractivity contribution in [1.29, 1.82) is 0 Å². The van der Waals surface area contributed by atoms with Crippen LogP contribution in [0.5, 0.6) is 0 Å². The third kappa shape index (κ3) is 4.69. The van der Waals surface area contributed by atoms with Crippen LogP contribution in [-0.2, 0) is 0 Å². The molecular weight excluding hydrogens is 312 g/mol. The Morgan fingerprint density at radius 1 is 1.13 bits per heavy atom. The van der Waals surface area contributed by atoms with Crippen LogP contribution in [0.15, 0.2) is 18.2 Å². The Balaban J connectivity index is 0.00000192. The molecule has 1 aromatic rings. The molecule has 1 atom stereocenters. The number of aliphatic hydroxyl groups is 1. The van der Waals surface area contributed by atoms with Gasteiger partial charge < -0.3 is 10.0 Å². The van der Waals surface area contributed by atoms with Crippen LogP contribution in [0.2, 0.25) is 0 Å². The van der Waals surface area contributed by atoms with Crippen molar-refractivity contribution in [2.45, 2.75) is 32.8 Å². The van der Waals surface area contributed by atoms with Crippen molar-refractivity contribution in [2.24, 2.45) is 5.92 Å². The normalized spacial score (nSPS) is 20.0. The maximum atomic E-state index is 12.6. The highest BCUT2D eigenvalue weighted by atomic mass is 35.5. The molecule has 4 nitrogen and oxygen atoms in total. The average molecular weight is 339 g/mol. The van der Waals surface area contributed by atoms with E-state index in [1.165, 1.54) is 12.8 Å². The number of aliphatic hydroxyl groups excluding tert-OH is 1. The first-order valence-electron chi connectivity index (χ1n) is 8.31. The zero-order valence-electron chi connectivity index (χ0n) is 14.0. The first-order valence-corrected chi connectivity index (χ1v) is 8.31. The van der Waals surface area contributed by atoms with Crippen molar-refractivity contribution in [2.75, 3.05) is 32.7 Å². The summed E-state index contributed by atoms with van der Waals surface area (Å²) in [5.74, 6) is 0.657. The van der Waals surface area contributed by atoms with Gasteiger partial charge in [-0.15, -0.1) is 12.4 Å². The van der Waals surface area contributed by atoms with Gasteiger partial charge in [0, 0.05) is 38.3 Å². The number of hydrogen-bond acceptors (Lipinski definition) is 3. The highest BCUT2D eigenvalue weighted by molar-refractivity contribution is 5.94. The molecule has 1 unspecified atom stereocenters. The quantitative estimate of drug-likeness (QED) is 0.915. The molecule has 23 heavy (non-hydrogen) atoms. The zero-order chi connectivity index (χ0) is 15.7. The van der Waals surface area contributed by atoms with E-state index in [0.29, 0.717) is 5.92 Å². The summed E-state index contributed by atoms with van der Waals surface area (Å²) in [6, 6.07) is 6.03. The van der Waals surface area contributed by atoms with E-state index in [-0.39, 0.29) is 24.4 Å². The van der Waals surface area contributed by atoms with Crippen LogP contribution in [0, 0.1) is 19.8 Å². The summed E-state index contributed by atoms with van der Waals surface area (Å²) in [6.07, 6.45) is 2.17. The van der Waals surface area contributed by atoms with Crippen LogP contribution in [0.1, 0.15) is 34.3 Å². The largest absolute Gasteiger partial charge is 0.392 e. The summed E-state index contributed by atoms with van der Waals surface area (Å²) in [4.78, 5) is 16.8. The molecule has 1 saturated carbocycles. The summed E-state index contributed by atoms with van der Waals surface area (Å²) < 4.78 is 0. The Labute approximate surface area is 144 Å². The predicted molar refractivity (Wildman–Crippen MR) is 94.2 cm³/mol. The number of β-amino-alcohol motifs (C(OH)–C–C–N with tert-alkyl or cyclic N) is 1. The number of nitrogens with zero attached hydrogens (tertiary/aromatic N) is 2. The summed E-state index contributed by atoms with van der Waals surface area (Å²) in [5.41, 5.74) is 3.06. The molecule has 0 aromatic heterocycles. The Morgan fingerprint density at radius 3 is 2.22 bits per heavy atom. The molecule has 5 heteroatoms. The number of halogens is 1. The number of piperazine rings is 1. The Kier molecular flexibility index (Phi) is 6.06. The first kappa shape index (κ1) is 18.2. The molecule has 1 saturated heterocycles. The number of carbonyl (C=O) groups excluding carboxylic acids is 1. The van der Waals surface area contributed by atoms with E-state index in [1.807, 2.05) is 30.9 Å². The Bertz CT molecular complexity index is 532. The highest BCUT2D eigenvalue weighted by Gasteiger charge is 2.32. The number of aryl methyl sites for hydroxylation is 2. The fraction of sp³-hybridized carbons (Fsp3) is 0.611. The topological polar surface area (TPSA) is 43.8 Å². The minimum absolute atomic E-state index is 0.